The van der Waals surface area contributed by atoms with Crippen LogP contribution >= 0.6 is 0 Å². The quantitative estimate of drug-likeness (QED) is 0.340. The van der Waals surface area contributed by atoms with Crippen molar-refractivity contribution in [3.8, 4) is 11.5 Å². The summed E-state index contributed by atoms with van der Waals surface area (Å²) in [5, 5.41) is 25.0. The molecule has 1 saturated carbocycles. The summed E-state index contributed by atoms with van der Waals surface area (Å²) in [6.45, 7) is 9.12. The van der Waals surface area contributed by atoms with Gasteiger partial charge in [0.25, 0.3) is 0 Å². The molecule has 0 saturated heterocycles. The summed E-state index contributed by atoms with van der Waals surface area (Å²) in [7, 11) is 0. The number of urea groups is 1. The molecule has 0 radical (unpaired) electrons. The molecule has 1 aromatic carbocycles. The zero-order valence-electron chi connectivity index (χ0n) is 17.1. The molecule has 2 atom stereocenters. The summed E-state index contributed by atoms with van der Waals surface area (Å²) < 4.78 is 0. The first kappa shape index (κ1) is 21.8. The molecule has 2 rings (SSSR count). The van der Waals surface area contributed by atoms with Crippen molar-refractivity contribution in [3.63, 3.8) is 0 Å². The van der Waals surface area contributed by atoms with Crippen molar-refractivity contribution in [1.29, 1.82) is 0 Å². The molecule has 154 valence electrons. The van der Waals surface area contributed by atoms with Crippen LogP contribution in [0, 0.1) is 17.8 Å². The molecule has 0 heterocycles. The standard InChI is InChI=1S/C21H31N3O4/c1-14-7-17(26)18(27)8-15(14)5-6-23-19(28)24-16-9-20(2,3)11-21(4,10-16)12-22-13-25/h7-8,16,26-27H,5-6,9-12H2,1-4H3,(H2,23,24,28). The van der Waals surface area contributed by atoms with Crippen LogP contribution in [-0.2, 0) is 11.2 Å². The highest BCUT2D eigenvalue weighted by molar-refractivity contribution is 5.74. The van der Waals surface area contributed by atoms with Gasteiger partial charge < -0.3 is 20.8 Å². The Kier molecular flexibility index (Phi) is 6.73. The lowest BCUT2D eigenvalue weighted by molar-refractivity contribution is 0.0807. The number of carbonyl (C=O) groups excluding carboxylic acids is 2. The number of aryl methyl sites for hydroxylation is 1. The second-order valence-electron chi connectivity index (χ2n) is 9.08. The van der Waals surface area contributed by atoms with E-state index in [1.165, 1.54) is 12.1 Å². The van der Waals surface area contributed by atoms with E-state index < -0.39 is 0 Å². The maximum Gasteiger partial charge on any atom is 0.315 e. The number of hydrogen-bond donors (Lipinski definition) is 4. The molecule has 1 aliphatic carbocycles. The highest BCUT2D eigenvalue weighted by Crippen LogP contribution is 2.46. The largest absolute Gasteiger partial charge is 0.504 e. The number of amides is 2. The molecule has 0 bridgehead atoms. The number of nitrogens with zero attached hydrogens (tertiary/aromatic N) is 1. The van der Waals surface area contributed by atoms with E-state index in [9.17, 15) is 19.8 Å². The van der Waals surface area contributed by atoms with Gasteiger partial charge in [-0.15, -0.1) is 0 Å². The third kappa shape index (κ3) is 5.99. The summed E-state index contributed by atoms with van der Waals surface area (Å²) >= 11 is 0. The molecule has 1 aliphatic rings. The molecule has 2 unspecified atom stereocenters. The minimum Gasteiger partial charge on any atom is -0.504 e. The van der Waals surface area contributed by atoms with Gasteiger partial charge in [0.1, 0.15) is 0 Å². The van der Waals surface area contributed by atoms with E-state index in [2.05, 4.69) is 36.4 Å². The van der Waals surface area contributed by atoms with E-state index in [1.807, 2.05) is 6.92 Å². The predicted molar refractivity (Wildman–Crippen MR) is 107 cm³/mol. The summed E-state index contributed by atoms with van der Waals surface area (Å²) in [4.78, 5) is 26.6. The van der Waals surface area contributed by atoms with Crippen molar-refractivity contribution in [2.75, 3.05) is 13.1 Å². The number of phenols is 2. The summed E-state index contributed by atoms with van der Waals surface area (Å²) in [5.74, 6) is -0.305. The third-order valence-corrected chi connectivity index (χ3v) is 5.42. The zero-order chi connectivity index (χ0) is 20.9. The molecule has 1 aromatic rings. The number of isocyanates is 1. The predicted octanol–water partition coefficient (Wildman–Crippen LogP) is 3.17. The Morgan fingerprint density at radius 1 is 1.25 bits per heavy atom. The number of carbonyl (C=O) groups is 1. The molecular weight excluding hydrogens is 358 g/mol. The monoisotopic (exact) mass is 389 g/mol. The van der Waals surface area contributed by atoms with Crippen LogP contribution < -0.4 is 10.6 Å². The molecule has 2 amide bonds. The number of benzene rings is 1. The van der Waals surface area contributed by atoms with Crippen molar-refractivity contribution < 1.29 is 19.8 Å². The van der Waals surface area contributed by atoms with Gasteiger partial charge in [0.2, 0.25) is 6.08 Å². The van der Waals surface area contributed by atoms with Crippen molar-refractivity contribution in [2.45, 2.75) is 59.4 Å². The molecule has 28 heavy (non-hydrogen) atoms. The van der Waals surface area contributed by atoms with Crippen LogP contribution in [0.2, 0.25) is 0 Å². The first-order valence-electron chi connectivity index (χ1n) is 9.63. The van der Waals surface area contributed by atoms with Gasteiger partial charge in [0.05, 0.1) is 6.54 Å². The fourth-order valence-corrected chi connectivity index (χ4v) is 4.62. The Hall–Kier alpha value is -2.53. The van der Waals surface area contributed by atoms with Crippen molar-refractivity contribution >= 4 is 12.1 Å². The second-order valence-corrected chi connectivity index (χ2v) is 9.08. The molecule has 0 aromatic heterocycles. The first-order chi connectivity index (χ1) is 13.0. The second kappa shape index (κ2) is 8.65. The summed E-state index contributed by atoms with van der Waals surface area (Å²) in [5.41, 5.74) is 1.63. The molecule has 1 fully saturated rings. The van der Waals surface area contributed by atoms with E-state index in [0.29, 0.717) is 19.5 Å². The van der Waals surface area contributed by atoms with Crippen LogP contribution in [0.15, 0.2) is 17.1 Å². The maximum atomic E-state index is 12.3. The maximum absolute atomic E-state index is 12.3. The fraction of sp³-hybridized carbons (Fsp3) is 0.619. The average Bonchev–Trinajstić information content (AvgIpc) is 2.55. The van der Waals surface area contributed by atoms with Crippen LogP contribution in [0.1, 0.15) is 51.2 Å². The first-order valence-corrected chi connectivity index (χ1v) is 9.63. The van der Waals surface area contributed by atoms with Crippen LogP contribution in [0.4, 0.5) is 4.79 Å². The van der Waals surface area contributed by atoms with Crippen molar-refractivity contribution in [1.82, 2.24) is 10.6 Å². The SMILES string of the molecule is Cc1cc(O)c(O)cc1CCNC(=O)NC1CC(C)(C)CC(C)(CN=C=O)C1. The van der Waals surface area contributed by atoms with Crippen LogP contribution in [0.5, 0.6) is 11.5 Å². The molecular formula is C21H31N3O4. The fourth-order valence-electron chi connectivity index (χ4n) is 4.62. The lowest BCUT2D eigenvalue weighted by Crippen LogP contribution is -2.50. The van der Waals surface area contributed by atoms with E-state index in [1.54, 1.807) is 6.08 Å². The number of aliphatic imine (C=N–C) groups is 1. The Balaban J connectivity index is 1.89. The number of nitrogens with one attached hydrogen (secondary N) is 2. The molecule has 0 aliphatic heterocycles. The number of aromatic hydroxyl groups is 2. The van der Waals surface area contributed by atoms with Gasteiger partial charge in [0.15, 0.2) is 11.5 Å². The highest BCUT2D eigenvalue weighted by Gasteiger charge is 2.41. The smallest absolute Gasteiger partial charge is 0.315 e. The van der Waals surface area contributed by atoms with Gasteiger partial charge in [-0.2, -0.15) is 0 Å². The van der Waals surface area contributed by atoms with E-state index in [-0.39, 0.29) is 34.4 Å². The summed E-state index contributed by atoms with van der Waals surface area (Å²) in [6, 6.07) is 2.81. The number of phenolic OH excluding ortho intramolecular Hbond substituents is 2. The van der Waals surface area contributed by atoms with Crippen LogP contribution in [0.25, 0.3) is 0 Å². The Morgan fingerprint density at radius 3 is 2.61 bits per heavy atom. The lowest BCUT2D eigenvalue weighted by atomic mass is 9.62. The van der Waals surface area contributed by atoms with Crippen LogP contribution in [0.3, 0.4) is 0 Å². The minimum atomic E-state index is -0.232. The zero-order valence-corrected chi connectivity index (χ0v) is 17.1. The Labute approximate surface area is 166 Å². The molecule has 4 N–H and O–H groups in total. The average molecular weight is 389 g/mol. The topological polar surface area (TPSA) is 111 Å². The van der Waals surface area contributed by atoms with E-state index in [0.717, 1.165) is 30.4 Å². The number of rotatable bonds is 6. The summed E-state index contributed by atoms with van der Waals surface area (Å²) in [6.07, 6.45) is 4.74. The van der Waals surface area contributed by atoms with Crippen molar-refractivity contribution in [3.05, 3.63) is 23.3 Å². The minimum absolute atomic E-state index is 0.00931. The van der Waals surface area contributed by atoms with Gasteiger partial charge in [-0.1, -0.05) is 20.8 Å². The highest BCUT2D eigenvalue weighted by atomic mass is 16.3. The van der Waals surface area contributed by atoms with Gasteiger partial charge in [-0.05, 0) is 66.7 Å². The number of hydrogen-bond acceptors (Lipinski definition) is 5. The van der Waals surface area contributed by atoms with Gasteiger partial charge in [-0.25, -0.2) is 14.6 Å². The van der Waals surface area contributed by atoms with E-state index in [4.69, 9.17) is 0 Å². The Bertz CT molecular complexity index is 771. The van der Waals surface area contributed by atoms with E-state index >= 15 is 0 Å². The Morgan fingerprint density at radius 2 is 1.93 bits per heavy atom. The molecule has 7 nitrogen and oxygen atoms in total. The van der Waals surface area contributed by atoms with Gasteiger partial charge in [0, 0.05) is 12.6 Å². The third-order valence-electron chi connectivity index (χ3n) is 5.42. The normalized spacial score (nSPS) is 23.5. The van der Waals surface area contributed by atoms with Crippen molar-refractivity contribution in [2.24, 2.45) is 15.8 Å². The lowest BCUT2D eigenvalue weighted by Gasteiger charge is -2.46. The van der Waals surface area contributed by atoms with Gasteiger partial charge >= 0.3 is 6.03 Å². The van der Waals surface area contributed by atoms with Gasteiger partial charge in [-0.3, -0.25) is 0 Å². The molecule has 7 heteroatoms. The van der Waals surface area contributed by atoms with Crippen LogP contribution in [-0.4, -0.2) is 41.5 Å². The molecule has 0 spiro atoms.